The van der Waals surface area contributed by atoms with Gasteiger partial charge in [-0.15, -0.1) is 11.3 Å². The first-order valence-corrected chi connectivity index (χ1v) is 17.4. The van der Waals surface area contributed by atoms with E-state index in [1.165, 1.54) is 22.2 Å². The summed E-state index contributed by atoms with van der Waals surface area (Å²) in [6.07, 6.45) is 8.65. The van der Waals surface area contributed by atoms with Gasteiger partial charge >= 0.3 is 5.97 Å². The lowest BCUT2D eigenvalue weighted by molar-refractivity contribution is -0.148. The van der Waals surface area contributed by atoms with Crippen LogP contribution in [0.5, 0.6) is 0 Å². The van der Waals surface area contributed by atoms with Gasteiger partial charge in [-0.25, -0.2) is 19.0 Å². The van der Waals surface area contributed by atoms with Crippen molar-refractivity contribution in [2.45, 2.75) is 84.2 Å². The van der Waals surface area contributed by atoms with Gasteiger partial charge in [0.25, 0.3) is 5.91 Å². The van der Waals surface area contributed by atoms with Crippen molar-refractivity contribution in [3.8, 4) is 22.0 Å². The lowest BCUT2D eigenvalue weighted by Gasteiger charge is -2.28. The first-order valence-electron chi connectivity index (χ1n) is 16.5. The van der Waals surface area contributed by atoms with Gasteiger partial charge in [0, 0.05) is 42.9 Å². The highest BCUT2D eigenvalue weighted by atomic mass is 32.1. The normalized spacial score (nSPS) is 16.7. The zero-order valence-corrected chi connectivity index (χ0v) is 28.9. The topological polar surface area (TPSA) is 181 Å². The Bertz CT molecular complexity index is 1780. The zero-order chi connectivity index (χ0) is 35.8. The molecule has 5 rings (SSSR count). The average Bonchev–Trinajstić information content (AvgIpc) is 3.87. The minimum atomic E-state index is -0.877. The van der Waals surface area contributed by atoms with E-state index in [0.717, 1.165) is 37.8 Å². The van der Waals surface area contributed by atoms with Gasteiger partial charge in [0.1, 0.15) is 22.1 Å². The Morgan fingerprint density at radius 2 is 1.88 bits per heavy atom. The second-order valence-electron chi connectivity index (χ2n) is 12.3. The zero-order valence-electron chi connectivity index (χ0n) is 28.1. The number of carbonyl (C=O) groups excluding carboxylic acids is 3. The van der Waals surface area contributed by atoms with E-state index in [-0.39, 0.29) is 59.9 Å². The number of esters is 1. The van der Waals surface area contributed by atoms with E-state index in [1.54, 1.807) is 22.5 Å². The summed E-state index contributed by atoms with van der Waals surface area (Å²) in [4.78, 5) is 45.6. The molecule has 1 saturated carbocycles. The second kappa shape index (κ2) is 16.9. The number of ether oxygens (including phenoxy) is 2. The third-order valence-electron chi connectivity index (χ3n) is 8.29. The van der Waals surface area contributed by atoms with E-state index in [9.17, 15) is 23.2 Å². The minimum absolute atomic E-state index is 0.00800. The van der Waals surface area contributed by atoms with Crippen molar-refractivity contribution >= 4 is 34.8 Å². The van der Waals surface area contributed by atoms with E-state index in [2.05, 4.69) is 30.8 Å². The number of rotatable bonds is 15. The molecule has 4 aromatic heterocycles. The predicted octanol–water partition coefficient (Wildman–Crippen LogP) is 4.70. The number of amides is 2. The monoisotopic (exact) mass is 713 g/mol. The summed E-state index contributed by atoms with van der Waals surface area (Å²) < 4.78 is 43.1. The van der Waals surface area contributed by atoms with Crippen LogP contribution in [0.15, 0.2) is 36.1 Å². The van der Waals surface area contributed by atoms with Crippen LogP contribution in [0.1, 0.15) is 75.8 Å². The van der Waals surface area contributed by atoms with Gasteiger partial charge in [0.2, 0.25) is 11.9 Å². The molecule has 2 amide bonds. The molecule has 1 aliphatic rings. The summed E-state index contributed by atoms with van der Waals surface area (Å²) in [7, 11) is 0. The van der Waals surface area contributed by atoms with E-state index in [4.69, 9.17) is 15.2 Å². The van der Waals surface area contributed by atoms with Gasteiger partial charge < -0.3 is 25.8 Å². The molecular weight excluding hydrogens is 672 g/mol. The van der Waals surface area contributed by atoms with Crippen LogP contribution < -0.4 is 16.4 Å². The number of anilines is 1. The van der Waals surface area contributed by atoms with Gasteiger partial charge in [0.05, 0.1) is 30.1 Å². The van der Waals surface area contributed by atoms with Crippen LogP contribution in [-0.4, -0.2) is 72.6 Å². The third-order valence-corrected chi connectivity index (χ3v) is 9.18. The highest BCUT2D eigenvalue weighted by Crippen LogP contribution is 2.34. The molecule has 17 heteroatoms. The van der Waals surface area contributed by atoms with Crippen LogP contribution in [-0.2, 0) is 25.8 Å². The number of carbonyl (C=O) groups is 3. The largest absolute Gasteiger partial charge is 0.442 e. The van der Waals surface area contributed by atoms with Crippen LogP contribution >= 0.6 is 11.3 Å². The smallest absolute Gasteiger partial charge is 0.307 e. The minimum Gasteiger partial charge on any atom is -0.442 e. The number of nitrogens with zero attached hydrogens (tertiary/aromatic N) is 6. The van der Waals surface area contributed by atoms with E-state index < -0.39 is 29.7 Å². The molecule has 0 radical (unpaired) electrons. The number of hydrogen-bond acceptors (Lipinski definition) is 11. The van der Waals surface area contributed by atoms with E-state index >= 15 is 0 Å². The number of aromatic nitrogens is 6. The molecule has 14 nitrogen and oxygen atoms in total. The Balaban J connectivity index is 1.19. The summed E-state index contributed by atoms with van der Waals surface area (Å²) in [5, 5.41) is 16.3. The van der Waals surface area contributed by atoms with Crippen molar-refractivity contribution in [2.24, 2.45) is 11.7 Å². The molecule has 1 atom stereocenters. The number of halogens is 2. The van der Waals surface area contributed by atoms with Gasteiger partial charge in [0.15, 0.2) is 12.5 Å². The van der Waals surface area contributed by atoms with Gasteiger partial charge in [-0.1, -0.05) is 13.8 Å². The number of hydrogen-bond donors (Lipinski definition) is 3. The Hall–Kier alpha value is -4.61. The number of pyridine rings is 1. The molecule has 4 aromatic rings. The van der Waals surface area contributed by atoms with Gasteiger partial charge in [-0.3, -0.25) is 19.1 Å². The summed E-state index contributed by atoms with van der Waals surface area (Å²) in [6.45, 7) is 6.48. The molecule has 4 N–H and O–H groups in total. The molecule has 4 heterocycles. The van der Waals surface area contributed by atoms with Crippen molar-refractivity contribution < 1.29 is 32.6 Å². The maximum Gasteiger partial charge on any atom is 0.307 e. The lowest BCUT2D eigenvalue weighted by Crippen LogP contribution is -2.44. The van der Waals surface area contributed by atoms with Crippen LogP contribution in [0.25, 0.3) is 22.0 Å². The average molecular weight is 714 g/mol. The van der Waals surface area contributed by atoms with Crippen molar-refractivity contribution in [3.63, 3.8) is 0 Å². The summed E-state index contributed by atoms with van der Waals surface area (Å²) in [5.74, 6) is -2.93. The SMILES string of the molecule is CCOC1CCC(n2cc(NC(=O)c3csc(-c4cnn(COC(=O)CCCNC(=O)[C@H](N)C(C)C)c4)n3)c(-c3nc(F)ccc3F)n2)CC1. The molecule has 268 valence electrons. The Morgan fingerprint density at radius 1 is 1.10 bits per heavy atom. The molecule has 0 unspecified atom stereocenters. The molecule has 0 spiro atoms. The molecule has 0 aromatic carbocycles. The summed E-state index contributed by atoms with van der Waals surface area (Å²) in [6, 6.07) is 1.27. The molecule has 0 aliphatic heterocycles. The standard InChI is InChI=1S/C33H41F2N9O5S/c1-4-48-22-9-7-21(8-10-22)44-16-24(30(42-44)29-23(34)11-12-26(35)41-29)39-31(46)25-17-50-33(40-25)20-14-38-43(15-20)18-49-27(45)6-5-13-37-32(47)28(36)19(2)3/h11-12,14-17,19,21-22,28H,4-10,13,18,36H2,1-3H3,(H,37,47)(H,39,46)/t21?,22?,28-/m1/s1. The van der Waals surface area contributed by atoms with E-state index in [0.29, 0.717) is 30.1 Å². The number of thiazole rings is 1. The second-order valence-corrected chi connectivity index (χ2v) is 13.2. The summed E-state index contributed by atoms with van der Waals surface area (Å²) in [5.41, 5.74) is 6.36. The molecule has 1 fully saturated rings. The van der Waals surface area contributed by atoms with Crippen molar-refractivity contribution in [1.29, 1.82) is 0 Å². The Kier molecular flexibility index (Phi) is 12.4. The Morgan fingerprint density at radius 3 is 2.62 bits per heavy atom. The maximum absolute atomic E-state index is 14.8. The summed E-state index contributed by atoms with van der Waals surface area (Å²) >= 11 is 1.20. The third kappa shape index (κ3) is 9.34. The van der Waals surface area contributed by atoms with Crippen LogP contribution in [0.3, 0.4) is 0 Å². The van der Waals surface area contributed by atoms with Gasteiger partial charge in [-0.05, 0) is 57.1 Å². The highest BCUT2D eigenvalue weighted by molar-refractivity contribution is 7.13. The molecule has 0 saturated heterocycles. The first kappa shape index (κ1) is 36.7. The molecule has 1 aliphatic carbocycles. The number of nitrogens with two attached hydrogens (primary N) is 1. The lowest BCUT2D eigenvalue weighted by atomic mass is 9.93. The van der Waals surface area contributed by atoms with Gasteiger partial charge in [-0.2, -0.15) is 14.6 Å². The highest BCUT2D eigenvalue weighted by Gasteiger charge is 2.27. The molecule has 0 bridgehead atoms. The molecule has 50 heavy (non-hydrogen) atoms. The van der Waals surface area contributed by atoms with Crippen molar-refractivity contribution in [1.82, 2.24) is 34.8 Å². The fourth-order valence-corrected chi connectivity index (χ4v) is 6.23. The van der Waals surface area contributed by atoms with Crippen molar-refractivity contribution in [3.05, 3.63) is 53.6 Å². The maximum atomic E-state index is 14.8. The Labute approximate surface area is 291 Å². The van der Waals surface area contributed by atoms with Crippen LogP contribution in [0.2, 0.25) is 0 Å². The quantitative estimate of drug-likeness (QED) is 0.0888. The molecular formula is C33H41F2N9O5S. The van der Waals surface area contributed by atoms with Crippen LogP contribution in [0, 0.1) is 17.7 Å². The van der Waals surface area contributed by atoms with Crippen LogP contribution in [0.4, 0.5) is 14.5 Å². The first-order chi connectivity index (χ1) is 24.0. The fourth-order valence-electron chi connectivity index (χ4n) is 5.46. The van der Waals surface area contributed by atoms with E-state index in [1.807, 2.05) is 20.8 Å². The number of nitrogens with one attached hydrogen (secondary N) is 2. The predicted molar refractivity (Wildman–Crippen MR) is 181 cm³/mol. The fraction of sp³-hybridized carbons (Fsp3) is 0.485. The van der Waals surface area contributed by atoms with Crippen molar-refractivity contribution in [2.75, 3.05) is 18.5 Å².